The molecule has 0 unspecified atom stereocenters. The third-order valence-electron chi connectivity index (χ3n) is 2.41. The topological polar surface area (TPSA) is 37.3 Å². The zero-order chi connectivity index (χ0) is 12.4. The van der Waals surface area contributed by atoms with Crippen LogP contribution in [0.25, 0.3) is 11.1 Å². The van der Waals surface area contributed by atoms with Crippen molar-refractivity contribution in [2.45, 2.75) is 0 Å². The van der Waals surface area contributed by atoms with Crippen molar-refractivity contribution in [1.82, 2.24) is 0 Å². The van der Waals surface area contributed by atoms with E-state index in [4.69, 9.17) is 11.6 Å². The molecule has 2 aromatic rings. The number of aromatic hydroxyl groups is 1. The number of halogens is 2. The van der Waals surface area contributed by atoms with E-state index in [2.05, 4.69) is 0 Å². The number of benzene rings is 2. The van der Waals surface area contributed by atoms with E-state index in [-0.39, 0.29) is 16.3 Å². The van der Waals surface area contributed by atoms with Crippen molar-refractivity contribution in [1.29, 1.82) is 0 Å². The normalized spacial score (nSPS) is 10.2. The number of rotatable bonds is 2. The molecule has 0 bridgehead atoms. The fourth-order valence-corrected chi connectivity index (χ4v) is 1.62. The molecular formula is C13H8ClFO2. The molecule has 17 heavy (non-hydrogen) atoms. The lowest BCUT2D eigenvalue weighted by molar-refractivity contribution is 0.112. The Balaban J connectivity index is 2.52. The highest BCUT2D eigenvalue weighted by Crippen LogP contribution is 2.27. The summed E-state index contributed by atoms with van der Waals surface area (Å²) in [5.41, 5.74) is 1.40. The fraction of sp³-hybridized carbons (Fsp3) is 0. The molecule has 0 amide bonds. The lowest BCUT2D eigenvalue weighted by Gasteiger charge is -2.05. The van der Waals surface area contributed by atoms with Crippen LogP contribution in [-0.2, 0) is 0 Å². The van der Waals surface area contributed by atoms with Crippen LogP contribution in [-0.4, -0.2) is 11.4 Å². The van der Waals surface area contributed by atoms with Crippen LogP contribution < -0.4 is 0 Å². The number of hydrogen-bond acceptors (Lipinski definition) is 2. The SMILES string of the molecule is O=Cc1cc(-c2ccc(Cl)c(F)c2)ccc1O. The summed E-state index contributed by atoms with van der Waals surface area (Å²) in [6.07, 6.45) is 0.547. The highest BCUT2D eigenvalue weighted by atomic mass is 35.5. The second kappa shape index (κ2) is 4.55. The lowest BCUT2D eigenvalue weighted by atomic mass is 10.0. The van der Waals surface area contributed by atoms with Crippen LogP contribution in [0.2, 0.25) is 5.02 Å². The van der Waals surface area contributed by atoms with Gasteiger partial charge in [0, 0.05) is 0 Å². The summed E-state index contributed by atoms with van der Waals surface area (Å²) in [5, 5.41) is 9.40. The van der Waals surface area contributed by atoms with Gasteiger partial charge in [-0.3, -0.25) is 4.79 Å². The molecule has 2 aromatic carbocycles. The van der Waals surface area contributed by atoms with E-state index in [1.807, 2.05) is 0 Å². The number of phenols is 1. The minimum Gasteiger partial charge on any atom is -0.507 e. The van der Waals surface area contributed by atoms with Gasteiger partial charge in [0.2, 0.25) is 0 Å². The molecule has 0 saturated carbocycles. The van der Waals surface area contributed by atoms with Crippen molar-refractivity contribution in [3.63, 3.8) is 0 Å². The van der Waals surface area contributed by atoms with E-state index in [9.17, 15) is 14.3 Å². The smallest absolute Gasteiger partial charge is 0.153 e. The van der Waals surface area contributed by atoms with Crippen LogP contribution in [0.4, 0.5) is 4.39 Å². The van der Waals surface area contributed by atoms with E-state index in [0.29, 0.717) is 17.4 Å². The summed E-state index contributed by atoms with van der Waals surface area (Å²) in [7, 11) is 0. The molecule has 0 heterocycles. The molecular weight excluding hydrogens is 243 g/mol. The Morgan fingerprint density at radius 1 is 1.12 bits per heavy atom. The summed E-state index contributed by atoms with van der Waals surface area (Å²) in [5.74, 6) is -0.622. The Hall–Kier alpha value is -1.87. The summed E-state index contributed by atoms with van der Waals surface area (Å²) < 4.78 is 13.3. The molecule has 4 heteroatoms. The van der Waals surface area contributed by atoms with Gasteiger partial charge in [-0.1, -0.05) is 23.7 Å². The predicted molar refractivity (Wildman–Crippen MR) is 63.9 cm³/mol. The maximum absolute atomic E-state index is 13.3. The van der Waals surface area contributed by atoms with Crippen molar-refractivity contribution in [2.75, 3.05) is 0 Å². The standard InChI is InChI=1S/C13H8ClFO2/c14-11-3-1-9(6-12(11)15)8-2-4-13(17)10(5-8)7-16/h1-7,17H. The van der Waals surface area contributed by atoms with Gasteiger partial charge in [-0.2, -0.15) is 0 Å². The number of carbonyl (C=O) groups excluding carboxylic acids is 1. The maximum Gasteiger partial charge on any atom is 0.153 e. The van der Waals surface area contributed by atoms with Gasteiger partial charge in [0.1, 0.15) is 11.6 Å². The van der Waals surface area contributed by atoms with Crippen molar-refractivity contribution in [3.8, 4) is 16.9 Å². The highest BCUT2D eigenvalue weighted by molar-refractivity contribution is 6.30. The first-order valence-electron chi connectivity index (χ1n) is 4.85. The van der Waals surface area contributed by atoms with Gasteiger partial charge in [-0.05, 0) is 35.4 Å². The second-order valence-electron chi connectivity index (χ2n) is 3.52. The van der Waals surface area contributed by atoms with Crippen LogP contribution in [0.15, 0.2) is 36.4 Å². The van der Waals surface area contributed by atoms with E-state index < -0.39 is 5.82 Å². The van der Waals surface area contributed by atoms with E-state index >= 15 is 0 Å². The van der Waals surface area contributed by atoms with E-state index in [0.717, 1.165) is 0 Å². The monoisotopic (exact) mass is 250 g/mol. The lowest BCUT2D eigenvalue weighted by Crippen LogP contribution is -1.85. The Morgan fingerprint density at radius 3 is 2.41 bits per heavy atom. The van der Waals surface area contributed by atoms with Crippen molar-refractivity contribution >= 4 is 17.9 Å². The van der Waals surface area contributed by atoms with Gasteiger partial charge in [0.05, 0.1) is 10.6 Å². The Kier molecular flexibility index (Phi) is 3.11. The van der Waals surface area contributed by atoms with Crippen molar-refractivity contribution < 1.29 is 14.3 Å². The van der Waals surface area contributed by atoms with Gasteiger partial charge >= 0.3 is 0 Å². The van der Waals surface area contributed by atoms with Gasteiger partial charge in [-0.15, -0.1) is 0 Å². The third-order valence-corrected chi connectivity index (χ3v) is 2.71. The minimum absolute atomic E-state index is 0.0446. The quantitative estimate of drug-likeness (QED) is 0.826. The summed E-state index contributed by atoms with van der Waals surface area (Å²) in [6.45, 7) is 0. The van der Waals surface area contributed by atoms with Gasteiger partial charge in [0.25, 0.3) is 0 Å². The molecule has 86 valence electrons. The molecule has 2 nitrogen and oxygen atoms in total. The highest BCUT2D eigenvalue weighted by Gasteiger charge is 2.06. The molecule has 0 fully saturated rings. The first kappa shape index (κ1) is 11.6. The van der Waals surface area contributed by atoms with Crippen LogP contribution >= 0.6 is 11.6 Å². The molecule has 0 atom stereocenters. The largest absolute Gasteiger partial charge is 0.507 e. The molecule has 0 radical (unpaired) electrons. The van der Waals surface area contributed by atoms with E-state index in [1.54, 1.807) is 12.1 Å². The summed E-state index contributed by atoms with van der Waals surface area (Å²) in [6, 6.07) is 8.86. The Morgan fingerprint density at radius 2 is 1.76 bits per heavy atom. The van der Waals surface area contributed by atoms with Crippen LogP contribution in [0.3, 0.4) is 0 Å². The number of phenolic OH excluding ortho intramolecular Hbond substituents is 1. The van der Waals surface area contributed by atoms with Crippen molar-refractivity contribution in [3.05, 3.63) is 52.8 Å². The number of hydrogen-bond donors (Lipinski definition) is 1. The third kappa shape index (κ3) is 2.29. The van der Waals surface area contributed by atoms with Crippen molar-refractivity contribution in [2.24, 2.45) is 0 Å². The Labute approximate surface area is 102 Å². The zero-order valence-electron chi connectivity index (χ0n) is 8.65. The second-order valence-corrected chi connectivity index (χ2v) is 3.93. The van der Waals surface area contributed by atoms with Gasteiger partial charge in [-0.25, -0.2) is 4.39 Å². The number of aldehydes is 1. The molecule has 0 aliphatic rings. The Bertz CT molecular complexity index is 582. The molecule has 0 aromatic heterocycles. The molecule has 0 aliphatic carbocycles. The summed E-state index contributed by atoms with van der Waals surface area (Å²) in [4.78, 5) is 10.7. The first-order chi connectivity index (χ1) is 8.11. The average molecular weight is 251 g/mol. The minimum atomic E-state index is -0.523. The van der Waals surface area contributed by atoms with Crippen LogP contribution in [0.1, 0.15) is 10.4 Å². The molecule has 1 N–H and O–H groups in total. The molecule has 0 aliphatic heterocycles. The zero-order valence-corrected chi connectivity index (χ0v) is 9.41. The first-order valence-corrected chi connectivity index (χ1v) is 5.23. The molecule has 0 spiro atoms. The molecule has 2 rings (SSSR count). The van der Waals surface area contributed by atoms with Crippen LogP contribution in [0.5, 0.6) is 5.75 Å². The van der Waals surface area contributed by atoms with Gasteiger partial charge in [0.15, 0.2) is 6.29 Å². The summed E-state index contributed by atoms with van der Waals surface area (Å²) >= 11 is 5.58. The maximum atomic E-state index is 13.3. The predicted octanol–water partition coefficient (Wildman–Crippen LogP) is 3.66. The van der Waals surface area contributed by atoms with E-state index in [1.165, 1.54) is 24.3 Å². The van der Waals surface area contributed by atoms with Crippen LogP contribution in [0, 0.1) is 5.82 Å². The number of carbonyl (C=O) groups is 1. The van der Waals surface area contributed by atoms with Gasteiger partial charge < -0.3 is 5.11 Å². The molecule has 0 saturated heterocycles. The fourth-order valence-electron chi connectivity index (χ4n) is 1.50. The average Bonchev–Trinajstić information content (AvgIpc) is 2.33.